The minimum Gasteiger partial charge on any atom is -0.0955 e. The second-order valence-corrected chi connectivity index (χ2v) is 5.39. The van der Waals surface area contributed by atoms with Crippen LogP contribution < -0.4 is 0 Å². The van der Waals surface area contributed by atoms with Gasteiger partial charge in [-0.3, -0.25) is 0 Å². The molecule has 2 rings (SSSR count). The number of fused-ring (bicyclic) bond motifs is 1. The Bertz CT molecular complexity index is 396. The van der Waals surface area contributed by atoms with Crippen LogP contribution in [0.1, 0.15) is 50.3 Å². The van der Waals surface area contributed by atoms with Crippen molar-refractivity contribution < 1.29 is 0 Å². The zero-order valence-electron chi connectivity index (χ0n) is 10.1. The Morgan fingerprint density at radius 2 is 2.07 bits per heavy atom. The third kappa shape index (κ3) is 1.86. The van der Waals surface area contributed by atoms with Crippen LogP contribution in [0.3, 0.4) is 0 Å². The van der Waals surface area contributed by atoms with Crippen molar-refractivity contribution in [2.24, 2.45) is 0 Å². The zero-order valence-corrected chi connectivity index (χ0v) is 10.1. The molecule has 0 nitrogen and oxygen atoms in total. The van der Waals surface area contributed by atoms with E-state index in [-0.39, 0.29) is 0 Å². The third-order valence-electron chi connectivity index (χ3n) is 3.58. The van der Waals surface area contributed by atoms with Crippen molar-refractivity contribution >= 4 is 5.57 Å². The van der Waals surface area contributed by atoms with Gasteiger partial charge >= 0.3 is 0 Å². The Morgan fingerprint density at radius 3 is 2.73 bits per heavy atom. The minimum absolute atomic E-state index is 0.346. The Kier molecular flexibility index (Phi) is 2.46. The first-order valence-corrected chi connectivity index (χ1v) is 5.80. The average Bonchev–Trinajstić information content (AvgIpc) is 2.17. The molecular formula is C15H20. The van der Waals surface area contributed by atoms with E-state index in [1.165, 1.54) is 41.5 Å². The van der Waals surface area contributed by atoms with Crippen LogP contribution in [0.4, 0.5) is 0 Å². The summed E-state index contributed by atoms with van der Waals surface area (Å²) in [4.78, 5) is 0. The first-order valence-electron chi connectivity index (χ1n) is 5.80. The first-order chi connectivity index (χ1) is 7.00. The molecule has 0 aliphatic heterocycles. The Labute approximate surface area is 93.0 Å². The number of rotatable bonds is 1. The lowest BCUT2D eigenvalue weighted by molar-refractivity contribution is 0.432. The number of benzene rings is 1. The monoisotopic (exact) mass is 200 g/mol. The van der Waals surface area contributed by atoms with E-state index in [1.807, 2.05) is 0 Å². The summed E-state index contributed by atoms with van der Waals surface area (Å²) in [6, 6.07) is 6.85. The normalized spacial score (nSPS) is 18.3. The van der Waals surface area contributed by atoms with E-state index in [1.54, 1.807) is 0 Å². The summed E-state index contributed by atoms with van der Waals surface area (Å²) in [5.74, 6) is 0. The number of aryl methyl sites for hydroxylation is 1. The largest absolute Gasteiger partial charge is 0.0955 e. The van der Waals surface area contributed by atoms with E-state index < -0.39 is 0 Å². The van der Waals surface area contributed by atoms with Crippen LogP contribution in [0.2, 0.25) is 0 Å². The maximum Gasteiger partial charge on any atom is -0.0100 e. The van der Waals surface area contributed by atoms with Gasteiger partial charge in [0.15, 0.2) is 0 Å². The van der Waals surface area contributed by atoms with E-state index in [0.717, 1.165) is 0 Å². The van der Waals surface area contributed by atoms with Gasteiger partial charge in [-0.05, 0) is 48.3 Å². The van der Waals surface area contributed by atoms with Crippen LogP contribution in [0.25, 0.3) is 5.57 Å². The Morgan fingerprint density at radius 1 is 1.33 bits per heavy atom. The highest BCUT2D eigenvalue weighted by atomic mass is 14.3. The molecule has 1 aliphatic carbocycles. The van der Waals surface area contributed by atoms with Gasteiger partial charge in [-0.25, -0.2) is 0 Å². The second kappa shape index (κ2) is 3.52. The van der Waals surface area contributed by atoms with Gasteiger partial charge in [0.05, 0.1) is 0 Å². The van der Waals surface area contributed by atoms with Gasteiger partial charge in [0, 0.05) is 0 Å². The fourth-order valence-corrected chi connectivity index (χ4v) is 2.55. The van der Waals surface area contributed by atoms with Crippen molar-refractivity contribution in [3.63, 3.8) is 0 Å². The van der Waals surface area contributed by atoms with Crippen molar-refractivity contribution in [2.75, 3.05) is 0 Å². The molecule has 0 spiro atoms. The summed E-state index contributed by atoms with van der Waals surface area (Å²) >= 11 is 0. The molecule has 80 valence electrons. The average molecular weight is 200 g/mol. The number of hydrogen-bond donors (Lipinski definition) is 0. The summed E-state index contributed by atoms with van der Waals surface area (Å²) in [5.41, 5.74) is 5.88. The standard InChI is InChI=1S/C15H20/c1-11(2)13-8-7-12-6-5-9-15(3,4)14(12)10-13/h7-8,10H,1,5-6,9H2,2-4H3. The molecule has 0 heterocycles. The predicted molar refractivity (Wildman–Crippen MR) is 67.1 cm³/mol. The Hall–Kier alpha value is -1.04. The fourth-order valence-electron chi connectivity index (χ4n) is 2.55. The van der Waals surface area contributed by atoms with Crippen molar-refractivity contribution in [2.45, 2.75) is 45.4 Å². The van der Waals surface area contributed by atoms with Crippen molar-refractivity contribution in [1.29, 1.82) is 0 Å². The molecular weight excluding hydrogens is 180 g/mol. The molecule has 0 amide bonds. The van der Waals surface area contributed by atoms with E-state index in [2.05, 4.69) is 45.5 Å². The van der Waals surface area contributed by atoms with E-state index in [9.17, 15) is 0 Å². The Balaban J connectivity index is 2.53. The van der Waals surface area contributed by atoms with Gasteiger partial charge in [0.25, 0.3) is 0 Å². The van der Waals surface area contributed by atoms with Crippen LogP contribution in [-0.4, -0.2) is 0 Å². The van der Waals surface area contributed by atoms with Crippen LogP contribution >= 0.6 is 0 Å². The molecule has 1 aromatic rings. The highest BCUT2D eigenvalue weighted by Gasteiger charge is 2.27. The molecule has 0 fully saturated rings. The van der Waals surface area contributed by atoms with Crippen LogP contribution in [-0.2, 0) is 11.8 Å². The molecule has 0 aromatic heterocycles. The summed E-state index contributed by atoms with van der Waals surface area (Å²) in [7, 11) is 0. The van der Waals surface area contributed by atoms with E-state index >= 15 is 0 Å². The molecule has 1 aliphatic rings. The summed E-state index contributed by atoms with van der Waals surface area (Å²) < 4.78 is 0. The lowest BCUT2D eigenvalue weighted by Gasteiger charge is -2.33. The minimum atomic E-state index is 0.346. The van der Waals surface area contributed by atoms with Crippen molar-refractivity contribution in [1.82, 2.24) is 0 Å². The lowest BCUT2D eigenvalue weighted by atomic mass is 9.72. The van der Waals surface area contributed by atoms with E-state index in [4.69, 9.17) is 0 Å². The predicted octanol–water partition coefficient (Wildman–Crippen LogP) is 4.33. The molecule has 0 N–H and O–H groups in total. The molecule has 0 bridgehead atoms. The van der Waals surface area contributed by atoms with Crippen LogP contribution in [0, 0.1) is 0 Å². The summed E-state index contributed by atoms with van der Waals surface area (Å²) in [6.45, 7) is 10.8. The molecule has 0 radical (unpaired) electrons. The first kappa shape index (κ1) is 10.5. The number of allylic oxidation sites excluding steroid dienone is 1. The van der Waals surface area contributed by atoms with Crippen molar-refractivity contribution in [3.05, 3.63) is 41.5 Å². The van der Waals surface area contributed by atoms with Gasteiger partial charge in [0.2, 0.25) is 0 Å². The number of hydrogen-bond acceptors (Lipinski definition) is 0. The van der Waals surface area contributed by atoms with Gasteiger partial charge < -0.3 is 0 Å². The fraction of sp³-hybridized carbons (Fsp3) is 0.467. The molecule has 0 saturated carbocycles. The molecule has 0 heteroatoms. The summed E-state index contributed by atoms with van der Waals surface area (Å²) in [5, 5.41) is 0. The van der Waals surface area contributed by atoms with Crippen LogP contribution in [0.5, 0.6) is 0 Å². The second-order valence-electron chi connectivity index (χ2n) is 5.39. The highest BCUT2D eigenvalue weighted by molar-refractivity contribution is 5.63. The highest BCUT2D eigenvalue weighted by Crippen LogP contribution is 2.37. The quantitative estimate of drug-likeness (QED) is 0.633. The smallest absolute Gasteiger partial charge is 0.0100 e. The maximum atomic E-state index is 4.02. The lowest BCUT2D eigenvalue weighted by Crippen LogP contribution is -2.23. The van der Waals surface area contributed by atoms with Gasteiger partial charge in [-0.1, -0.05) is 44.2 Å². The van der Waals surface area contributed by atoms with Gasteiger partial charge in [-0.15, -0.1) is 0 Å². The van der Waals surface area contributed by atoms with Gasteiger partial charge in [0.1, 0.15) is 0 Å². The molecule has 15 heavy (non-hydrogen) atoms. The topological polar surface area (TPSA) is 0 Å². The van der Waals surface area contributed by atoms with Crippen LogP contribution in [0.15, 0.2) is 24.8 Å². The van der Waals surface area contributed by atoms with Crippen molar-refractivity contribution in [3.8, 4) is 0 Å². The molecule has 1 aromatic carbocycles. The third-order valence-corrected chi connectivity index (χ3v) is 3.58. The van der Waals surface area contributed by atoms with Gasteiger partial charge in [-0.2, -0.15) is 0 Å². The molecule has 0 unspecified atom stereocenters. The maximum absolute atomic E-state index is 4.02. The SMILES string of the molecule is C=C(C)c1ccc2c(c1)C(C)(C)CCC2. The molecule has 0 atom stereocenters. The van der Waals surface area contributed by atoms with E-state index in [0.29, 0.717) is 5.41 Å². The molecule has 0 saturated heterocycles. The zero-order chi connectivity index (χ0) is 11.1. The summed E-state index contributed by atoms with van der Waals surface area (Å²) in [6.07, 6.45) is 3.88.